The first-order chi connectivity index (χ1) is 9.67. The zero-order chi connectivity index (χ0) is 14.4. The van der Waals surface area contributed by atoms with Crippen molar-refractivity contribution in [2.45, 2.75) is 58.6 Å². The molecule has 0 spiro atoms. The van der Waals surface area contributed by atoms with Crippen LogP contribution in [0.4, 0.5) is 0 Å². The molecule has 1 N–H and O–H groups in total. The van der Waals surface area contributed by atoms with Crippen LogP contribution in [0, 0.1) is 12.8 Å². The maximum Gasteiger partial charge on any atom is 0.0669 e. The second kappa shape index (κ2) is 7.75. The monoisotopic (exact) mass is 276 g/mol. The summed E-state index contributed by atoms with van der Waals surface area (Å²) in [5.41, 5.74) is 2.16. The molecule has 3 nitrogen and oxygen atoms in total. The molecule has 20 heavy (non-hydrogen) atoms. The Morgan fingerprint density at radius 2 is 2.10 bits per heavy atom. The molecule has 0 saturated heterocycles. The van der Waals surface area contributed by atoms with Gasteiger partial charge in [0.2, 0.25) is 0 Å². The smallest absolute Gasteiger partial charge is 0.0669 e. The van der Waals surface area contributed by atoms with E-state index in [1.165, 1.54) is 25.7 Å². The first-order valence-corrected chi connectivity index (χ1v) is 8.00. The van der Waals surface area contributed by atoms with Crippen LogP contribution >= 0.6 is 0 Å². The lowest BCUT2D eigenvalue weighted by Gasteiger charge is -2.24. The molecule has 1 atom stereocenters. The number of aryl methyl sites for hydroxylation is 1. The van der Waals surface area contributed by atoms with Gasteiger partial charge in [0.1, 0.15) is 0 Å². The molecule has 0 aliphatic heterocycles. The fourth-order valence-electron chi connectivity index (χ4n) is 3.23. The van der Waals surface area contributed by atoms with Gasteiger partial charge in [-0.2, -0.15) is 0 Å². The molecule has 1 aliphatic carbocycles. The van der Waals surface area contributed by atoms with Gasteiger partial charge in [0.25, 0.3) is 0 Å². The largest absolute Gasteiger partial charge is 0.392 e. The van der Waals surface area contributed by atoms with Gasteiger partial charge >= 0.3 is 0 Å². The summed E-state index contributed by atoms with van der Waals surface area (Å²) in [6.07, 6.45) is 6.09. The highest BCUT2D eigenvalue weighted by atomic mass is 16.3. The van der Waals surface area contributed by atoms with E-state index in [1.54, 1.807) is 0 Å². The van der Waals surface area contributed by atoms with Gasteiger partial charge in [-0.3, -0.25) is 9.88 Å². The lowest BCUT2D eigenvalue weighted by molar-refractivity contribution is 0.0898. The molecule has 0 amide bonds. The van der Waals surface area contributed by atoms with Gasteiger partial charge in [0, 0.05) is 18.8 Å². The average molecular weight is 276 g/mol. The molecule has 1 aromatic rings. The van der Waals surface area contributed by atoms with Gasteiger partial charge in [-0.05, 0) is 37.9 Å². The third-order valence-corrected chi connectivity index (χ3v) is 4.33. The van der Waals surface area contributed by atoms with Crippen molar-refractivity contribution >= 4 is 0 Å². The van der Waals surface area contributed by atoms with Gasteiger partial charge in [-0.1, -0.05) is 38.7 Å². The van der Waals surface area contributed by atoms with Crippen molar-refractivity contribution in [3.63, 3.8) is 0 Å². The molecule has 1 heterocycles. The van der Waals surface area contributed by atoms with Crippen LogP contribution in [0.5, 0.6) is 0 Å². The van der Waals surface area contributed by atoms with E-state index in [0.29, 0.717) is 0 Å². The summed E-state index contributed by atoms with van der Waals surface area (Å²) in [6.45, 7) is 6.73. The Hall–Kier alpha value is -0.930. The summed E-state index contributed by atoms with van der Waals surface area (Å²) in [4.78, 5) is 6.84. The summed E-state index contributed by atoms with van der Waals surface area (Å²) in [7, 11) is 0. The summed E-state index contributed by atoms with van der Waals surface area (Å²) in [5, 5.41) is 10.3. The normalized spacial score (nSPS) is 17.8. The van der Waals surface area contributed by atoms with Crippen LogP contribution in [0.1, 0.15) is 50.4 Å². The first-order valence-electron chi connectivity index (χ1n) is 8.00. The second-order valence-corrected chi connectivity index (χ2v) is 6.14. The second-order valence-electron chi connectivity index (χ2n) is 6.14. The molecule has 1 aliphatic rings. The predicted octanol–water partition coefficient (Wildman–Crippen LogP) is 3.15. The predicted molar refractivity (Wildman–Crippen MR) is 82.5 cm³/mol. The zero-order valence-electron chi connectivity index (χ0n) is 12.9. The molecule has 1 saturated carbocycles. The number of aliphatic hydroxyl groups is 1. The van der Waals surface area contributed by atoms with Gasteiger partial charge < -0.3 is 5.11 Å². The van der Waals surface area contributed by atoms with E-state index in [0.717, 1.165) is 43.4 Å². The Balaban J connectivity index is 1.81. The molecular weight excluding hydrogens is 248 g/mol. The Kier molecular flexibility index (Phi) is 5.99. The molecule has 1 aromatic heterocycles. The van der Waals surface area contributed by atoms with E-state index in [-0.39, 0.29) is 6.10 Å². The van der Waals surface area contributed by atoms with Crippen molar-refractivity contribution in [1.82, 2.24) is 9.88 Å². The Morgan fingerprint density at radius 1 is 1.35 bits per heavy atom. The Morgan fingerprint density at radius 3 is 2.75 bits per heavy atom. The third kappa shape index (κ3) is 4.88. The first kappa shape index (κ1) is 15.5. The highest BCUT2D eigenvalue weighted by molar-refractivity contribution is 5.09. The molecular formula is C17H28N2O. The summed E-state index contributed by atoms with van der Waals surface area (Å²) < 4.78 is 0. The molecule has 1 fully saturated rings. The SMILES string of the molecule is CCN(Cc1cccc(C)n1)CC(O)CC1CCCC1. The van der Waals surface area contributed by atoms with Crippen LogP contribution < -0.4 is 0 Å². The minimum atomic E-state index is -0.192. The van der Waals surface area contributed by atoms with E-state index in [9.17, 15) is 5.11 Å². The minimum Gasteiger partial charge on any atom is -0.392 e. The van der Waals surface area contributed by atoms with Crippen molar-refractivity contribution in [3.05, 3.63) is 29.6 Å². The van der Waals surface area contributed by atoms with Crippen molar-refractivity contribution < 1.29 is 5.11 Å². The average Bonchev–Trinajstić information content (AvgIpc) is 2.90. The maximum atomic E-state index is 10.3. The van der Waals surface area contributed by atoms with Crippen LogP contribution in [0.15, 0.2) is 18.2 Å². The highest BCUT2D eigenvalue weighted by Gasteiger charge is 2.20. The lowest BCUT2D eigenvalue weighted by Crippen LogP contribution is -2.33. The molecule has 1 unspecified atom stereocenters. The van der Waals surface area contributed by atoms with Crippen LogP contribution in [0.3, 0.4) is 0 Å². The molecule has 2 rings (SSSR count). The number of aliphatic hydroxyl groups excluding tert-OH is 1. The number of rotatable bonds is 7. The molecule has 0 radical (unpaired) electrons. The third-order valence-electron chi connectivity index (χ3n) is 4.33. The highest BCUT2D eigenvalue weighted by Crippen LogP contribution is 2.28. The van der Waals surface area contributed by atoms with E-state index >= 15 is 0 Å². The van der Waals surface area contributed by atoms with Gasteiger partial charge in [0.15, 0.2) is 0 Å². The summed E-state index contributed by atoms with van der Waals surface area (Å²) in [5.74, 6) is 0.751. The molecule has 0 bridgehead atoms. The van der Waals surface area contributed by atoms with Crippen molar-refractivity contribution in [2.24, 2.45) is 5.92 Å². The van der Waals surface area contributed by atoms with Crippen molar-refractivity contribution in [3.8, 4) is 0 Å². The van der Waals surface area contributed by atoms with E-state index in [1.807, 2.05) is 13.0 Å². The Labute approximate surface area is 123 Å². The lowest BCUT2D eigenvalue weighted by atomic mass is 10.00. The maximum absolute atomic E-state index is 10.3. The number of hydrogen-bond donors (Lipinski definition) is 1. The fourth-order valence-corrected chi connectivity index (χ4v) is 3.23. The van der Waals surface area contributed by atoms with Crippen LogP contribution in [0.25, 0.3) is 0 Å². The topological polar surface area (TPSA) is 36.4 Å². The number of likely N-dealkylation sites (N-methyl/N-ethyl adjacent to an activating group) is 1. The number of hydrogen-bond acceptors (Lipinski definition) is 3. The van der Waals surface area contributed by atoms with Crippen molar-refractivity contribution in [1.29, 1.82) is 0 Å². The number of nitrogens with zero attached hydrogens (tertiary/aromatic N) is 2. The number of pyridine rings is 1. The quantitative estimate of drug-likeness (QED) is 0.831. The van der Waals surface area contributed by atoms with E-state index in [2.05, 4.69) is 28.9 Å². The van der Waals surface area contributed by atoms with Gasteiger partial charge in [-0.25, -0.2) is 0 Å². The minimum absolute atomic E-state index is 0.192. The Bertz CT molecular complexity index is 402. The molecule has 3 heteroatoms. The summed E-state index contributed by atoms with van der Waals surface area (Å²) in [6, 6.07) is 6.15. The van der Waals surface area contributed by atoms with Crippen LogP contribution in [-0.4, -0.2) is 34.2 Å². The van der Waals surface area contributed by atoms with Gasteiger partial charge in [0.05, 0.1) is 11.8 Å². The summed E-state index contributed by atoms with van der Waals surface area (Å²) >= 11 is 0. The number of aromatic nitrogens is 1. The fraction of sp³-hybridized carbons (Fsp3) is 0.706. The van der Waals surface area contributed by atoms with Crippen LogP contribution in [0.2, 0.25) is 0 Å². The zero-order valence-corrected chi connectivity index (χ0v) is 12.9. The molecule has 112 valence electrons. The van der Waals surface area contributed by atoms with Crippen LogP contribution in [-0.2, 0) is 6.54 Å². The van der Waals surface area contributed by atoms with Gasteiger partial charge in [-0.15, -0.1) is 0 Å². The van der Waals surface area contributed by atoms with E-state index in [4.69, 9.17) is 0 Å². The van der Waals surface area contributed by atoms with E-state index < -0.39 is 0 Å². The standard InChI is InChI=1S/C17H28N2O/c1-3-19(12-16-10-6-7-14(2)18-16)13-17(20)11-15-8-4-5-9-15/h6-7,10,15,17,20H,3-5,8-9,11-13H2,1-2H3. The van der Waals surface area contributed by atoms with Crippen molar-refractivity contribution in [2.75, 3.05) is 13.1 Å². The molecule has 0 aromatic carbocycles.